The van der Waals surface area contributed by atoms with Crippen molar-refractivity contribution < 1.29 is 14.3 Å². The van der Waals surface area contributed by atoms with Crippen molar-refractivity contribution in [2.45, 2.75) is 18.9 Å². The van der Waals surface area contributed by atoms with Crippen molar-refractivity contribution >= 4 is 27.7 Å². The highest BCUT2D eigenvalue weighted by molar-refractivity contribution is 9.10. The van der Waals surface area contributed by atoms with E-state index in [1.54, 1.807) is 37.3 Å². The first-order chi connectivity index (χ1) is 9.58. The average Bonchev–Trinajstić information content (AvgIpc) is 2.95. The zero-order chi connectivity index (χ0) is 14.7. The SMILES string of the molecule is CNC(=O)C1CCCN1C(=O)c1cc(OC)ccc1Br. The molecule has 5 nitrogen and oxygen atoms in total. The maximum Gasteiger partial charge on any atom is 0.255 e. The predicted molar refractivity (Wildman–Crippen MR) is 78.8 cm³/mol. The van der Waals surface area contributed by atoms with Crippen LogP contribution in [0.5, 0.6) is 5.75 Å². The van der Waals surface area contributed by atoms with Crippen LogP contribution in [0.2, 0.25) is 0 Å². The molecule has 0 radical (unpaired) electrons. The minimum absolute atomic E-state index is 0.116. The number of nitrogens with one attached hydrogen (secondary N) is 1. The highest BCUT2D eigenvalue weighted by atomic mass is 79.9. The fourth-order valence-electron chi connectivity index (χ4n) is 2.40. The molecule has 108 valence electrons. The smallest absolute Gasteiger partial charge is 0.255 e. The Morgan fingerprint density at radius 3 is 2.85 bits per heavy atom. The molecule has 2 amide bonds. The summed E-state index contributed by atoms with van der Waals surface area (Å²) in [5.41, 5.74) is 0.514. The Labute approximate surface area is 126 Å². The highest BCUT2D eigenvalue weighted by Gasteiger charge is 2.34. The van der Waals surface area contributed by atoms with Gasteiger partial charge in [0.05, 0.1) is 12.7 Å². The lowest BCUT2D eigenvalue weighted by Crippen LogP contribution is -2.45. The Morgan fingerprint density at radius 1 is 1.45 bits per heavy atom. The summed E-state index contributed by atoms with van der Waals surface area (Å²) in [5.74, 6) is 0.351. The van der Waals surface area contributed by atoms with E-state index in [1.165, 1.54) is 0 Å². The van der Waals surface area contributed by atoms with Gasteiger partial charge in [0.1, 0.15) is 11.8 Å². The van der Waals surface area contributed by atoms with Gasteiger partial charge in [0.25, 0.3) is 5.91 Å². The maximum atomic E-state index is 12.6. The molecule has 1 heterocycles. The third-order valence-corrected chi connectivity index (χ3v) is 4.16. The van der Waals surface area contributed by atoms with Crippen LogP contribution in [0, 0.1) is 0 Å². The number of ether oxygens (including phenoxy) is 1. The Morgan fingerprint density at radius 2 is 2.20 bits per heavy atom. The number of methoxy groups -OCH3 is 1. The molecule has 1 aliphatic heterocycles. The first-order valence-electron chi connectivity index (χ1n) is 6.44. The molecule has 0 spiro atoms. The Kier molecular flexibility index (Phi) is 4.65. The molecular weight excluding hydrogens is 324 g/mol. The van der Waals surface area contributed by atoms with Gasteiger partial charge in [-0.15, -0.1) is 0 Å². The van der Waals surface area contributed by atoms with Crippen molar-refractivity contribution in [2.24, 2.45) is 0 Å². The number of halogens is 1. The van der Waals surface area contributed by atoms with Gasteiger partial charge < -0.3 is 15.0 Å². The molecule has 1 unspecified atom stereocenters. The summed E-state index contributed by atoms with van der Waals surface area (Å²) >= 11 is 3.38. The Bertz CT molecular complexity index is 533. The summed E-state index contributed by atoms with van der Waals surface area (Å²) in [6.45, 7) is 0.598. The van der Waals surface area contributed by atoms with Gasteiger partial charge in [0.15, 0.2) is 0 Å². The lowest BCUT2D eigenvalue weighted by Gasteiger charge is -2.24. The van der Waals surface area contributed by atoms with Gasteiger partial charge in [-0.1, -0.05) is 0 Å². The van der Waals surface area contributed by atoms with Crippen LogP contribution in [0.1, 0.15) is 23.2 Å². The van der Waals surface area contributed by atoms with Gasteiger partial charge in [-0.3, -0.25) is 9.59 Å². The van der Waals surface area contributed by atoms with Gasteiger partial charge in [0, 0.05) is 18.1 Å². The second-order valence-electron chi connectivity index (χ2n) is 4.62. The van der Waals surface area contributed by atoms with Crippen LogP contribution in [-0.4, -0.2) is 43.5 Å². The molecule has 0 aromatic heterocycles. The number of rotatable bonds is 3. The fraction of sp³-hybridized carbons (Fsp3) is 0.429. The number of amides is 2. The van der Waals surface area contributed by atoms with Crippen molar-refractivity contribution in [3.8, 4) is 5.75 Å². The molecule has 1 fully saturated rings. The number of hydrogen-bond acceptors (Lipinski definition) is 3. The monoisotopic (exact) mass is 340 g/mol. The minimum atomic E-state index is -0.384. The lowest BCUT2D eigenvalue weighted by atomic mass is 10.1. The third kappa shape index (κ3) is 2.80. The van der Waals surface area contributed by atoms with Gasteiger partial charge in [-0.2, -0.15) is 0 Å². The number of likely N-dealkylation sites (tertiary alicyclic amines) is 1. The van der Waals surface area contributed by atoms with E-state index in [1.807, 2.05) is 0 Å². The molecule has 20 heavy (non-hydrogen) atoms. The van der Waals surface area contributed by atoms with Crippen molar-refractivity contribution in [1.29, 1.82) is 0 Å². The zero-order valence-electron chi connectivity index (χ0n) is 11.5. The van der Waals surface area contributed by atoms with Crippen LogP contribution in [0.25, 0.3) is 0 Å². The summed E-state index contributed by atoms with van der Waals surface area (Å²) in [7, 11) is 3.14. The number of likely N-dealkylation sites (N-methyl/N-ethyl adjacent to an activating group) is 1. The normalized spacial score (nSPS) is 17.9. The number of hydrogen-bond donors (Lipinski definition) is 1. The van der Waals surface area contributed by atoms with Crippen LogP contribution in [-0.2, 0) is 4.79 Å². The molecule has 0 saturated carbocycles. The van der Waals surface area contributed by atoms with Gasteiger partial charge in [0.2, 0.25) is 5.91 Å². The molecule has 1 N–H and O–H groups in total. The summed E-state index contributed by atoms with van der Waals surface area (Å²) in [5, 5.41) is 2.61. The quantitative estimate of drug-likeness (QED) is 0.912. The summed E-state index contributed by atoms with van der Waals surface area (Å²) in [4.78, 5) is 26.1. The van der Waals surface area contributed by atoms with E-state index in [4.69, 9.17) is 4.74 Å². The second kappa shape index (κ2) is 6.26. The van der Waals surface area contributed by atoms with E-state index in [2.05, 4.69) is 21.2 Å². The van der Waals surface area contributed by atoms with E-state index in [9.17, 15) is 9.59 Å². The third-order valence-electron chi connectivity index (χ3n) is 3.47. The summed E-state index contributed by atoms with van der Waals surface area (Å²) < 4.78 is 5.85. The van der Waals surface area contributed by atoms with Gasteiger partial charge in [-0.05, 0) is 47.0 Å². The molecule has 1 aromatic carbocycles. The molecule has 1 aromatic rings. The largest absolute Gasteiger partial charge is 0.497 e. The maximum absolute atomic E-state index is 12.6. The average molecular weight is 341 g/mol. The second-order valence-corrected chi connectivity index (χ2v) is 5.47. The van der Waals surface area contributed by atoms with Crippen molar-refractivity contribution in [2.75, 3.05) is 20.7 Å². The van der Waals surface area contributed by atoms with Crippen molar-refractivity contribution in [3.63, 3.8) is 0 Å². The molecule has 6 heteroatoms. The lowest BCUT2D eigenvalue weighted by molar-refractivity contribution is -0.124. The van der Waals surface area contributed by atoms with Crippen LogP contribution < -0.4 is 10.1 Å². The van der Waals surface area contributed by atoms with E-state index < -0.39 is 0 Å². The van der Waals surface area contributed by atoms with E-state index >= 15 is 0 Å². The standard InChI is InChI=1S/C14H17BrN2O3/c1-16-13(18)12-4-3-7-17(12)14(19)10-8-9(20-2)5-6-11(10)15/h5-6,8,12H,3-4,7H2,1-2H3,(H,16,18). The van der Waals surface area contributed by atoms with Gasteiger partial charge >= 0.3 is 0 Å². The first kappa shape index (κ1) is 14.8. The topological polar surface area (TPSA) is 58.6 Å². The Balaban J connectivity index is 2.28. The molecule has 0 bridgehead atoms. The number of carbonyl (C=O) groups is 2. The first-order valence-corrected chi connectivity index (χ1v) is 7.24. The molecule has 1 aliphatic rings. The van der Waals surface area contributed by atoms with E-state index in [-0.39, 0.29) is 17.9 Å². The van der Waals surface area contributed by atoms with Crippen molar-refractivity contribution in [1.82, 2.24) is 10.2 Å². The Hall–Kier alpha value is -1.56. The zero-order valence-corrected chi connectivity index (χ0v) is 13.1. The minimum Gasteiger partial charge on any atom is -0.497 e. The summed E-state index contributed by atoms with van der Waals surface area (Å²) in [6, 6.07) is 4.86. The molecule has 1 atom stereocenters. The molecule has 2 rings (SSSR count). The van der Waals surface area contributed by atoms with Crippen LogP contribution in [0.15, 0.2) is 22.7 Å². The van der Waals surface area contributed by atoms with Crippen LogP contribution >= 0.6 is 15.9 Å². The van der Waals surface area contributed by atoms with E-state index in [0.717, 1.165) is 6.42 Å². The summed E-state index contributed by atoms with van der Waals surface area (Å²) in [6.07, 6.45) is 1.54. The predicted octanol–water partition coefficient (Wildman–Crippen LogP) is 1.81. The van der Waals surface area contributed by atoms with Crippen LogP contribution in [0.3, 0.4) is 0 Å². The van der Waals surface area contributed by atoms with Crippen LogP contribution in [0.4, 0.5) is 0 Å². The van der Waals surface area contributed by atoms with Gasteiger partial charge in [-0.25, -0.2) is 0 Å². The number of carbonyl (C=O) groups excluding carboxylic acids is 2. The molecular formula is C14H17BrN2O3. The number of nitrogens with zero attached hydrogens (tertiary/aromatic N) is 1. The number of benzene rings is 1. The van der Waals surface area contributed by atoms with E-state index in [0.29, 0.717) is 28.8 Å². The van der Waals surface area contributed by atoms with Crippen molar-refractivity contribution in [3.05, 3.63) is 28.2 Å². The molecule has 1 saturated heterocycles. The fourth-order valence-corrected chi connectivity index (χ4v) is 2.82. The highest BCUT2D eigenvalue weighted by Crippen LogP contribution is 2.27. The molecule has 0 aliphatic carbocycles.